The Morgan fingerprint density at radius 1 is 1.34 bits per heavy atom. The summed E-state index contributed by atoms with van der Waals surface area (Å²) in [6.45, 7) is 5.67. The van der Waals surface area contributed by atoms with Crippen LogP contribution in [0.3, 0.4) is 0 Å². The first kappa shape index (κ1) is 26.0. The zero-order valence-electron chi connectivity index (χ0n) is 18.0. The molecule has 11 heteroatoms. The van der Waals surface area contributed by atoms with Crippen molar-refractivity contribution in [1.29, 1.82) is 0 Å². The van der Waals surface area contributed by atoms with Gasteiger partial charge in [0.25, 0.3) is 0 Å². The Morgan fingerprint density at radius 2 is 2.09 bits per heavy atom. The molecule has 0 bridgehead atoms. The molecule has 2 aliphatic rings. The highest BCUT2D eigenvalue weighted by Gasteiger charge is 2.47. The fraction of sp³-hybridized carbons (Fsp3) is 0.667. The number of halogens is 3. The molecule has 2 atom stereocenters. The van der Waals surface area contributed by atoms with Crippen LogP contribution in [0.4, 0.5) is 13.2 Å². The predicted molar refractivity (Wildman–Crippen MR) is 107 cm³/mol. The van der Waals surface area contributed by atoms with E-state index in [1.54, 1.807) is 6.20 Å². The molecular weight excluding hydrogens is 433 g/mol. The number of pyridine rings is 1. The first-order valence-corrected chi connectivity index (χ1v) is 10.4. The number of carbonyl (C=O) groups is 2. The summed E-state index contributed by atoms with van der Waals surface area (Å²) < 4.78 is 49.1. The van der Waals surface area contributed by atoms with E-state index in [0.29, 0.717) is 45.4 Å². The van der Waals surface area contributed by atoms with E-state index in [1.165, 1.54) is 0 Å². The van der Waals surface area contributed by atoms with Crippen LogP contribution in [0.2, 0.25) is 0 Å². The molecule has 1 aromatic rings. The minimum absolute atomic E-state index is 0.0598. The second-order valence-corrected chi connectivity index (χ2v) is 7.59. The molecule has 1 aliphatic carbocycles. The highest BCUT2D eigenvalue weighted by molar-refractivity contribution is 5.77. The standard InChI is InChI=1S/C19H28N2O4.C2HF3O2/c1-2-23-14-18(22)21-10-11-25-19(15-21)8-5-6-16(19)12-24-13-17-7-3-4-9-20-17;3-2(4,5)1(6)7/h3-4,7,9,16H,2,5-6,8,10-15H2,1H3;(H,6,7)/t16-,19+;/m0./s1. The molecule has 1 spiro atoms. The van der Waals surface area contributed by atoms with Crippen molar-refractivity contribution in [1.82, 2.24) is 9.88 Å². The number of carboxylic acids is 1. The van der Waals surface area contributed by atoms with Gasteiger partial charge in [-0.2, -0.15) is 13.2 Å². The van der Waals surface area contributed by atoms with Crippen LogP contribution in [0.25, 0.3) is 0 Å². The van der Waals surface area contributed by atoms with Gasteiger partial charge in [-0.1, -0.05) is 12.5 Å². The van der Waals surface area contributed by atoms with Crippen LogP contribution in [0.5, 0.6) is 0 Å². The van der Waals surface area contributed by atoms with Gasteiger partial charge in [-0.05, 0) is 31.9 Å². The number of hydrogen-bond acceptors (Lipinski definition) is 6. The number of morpholine rings is 1. The summed E-state index contributed by atoms with van der Waals surface area (Å²) >= 11 is 0. The minimum atomic E-state index is -5.08. The van der Waals surface area contributed by atoms with Crippen LogP contribution in [-0.4, -0.2) is 78.2 Å². The molecule has 0 radical (unpaired) electrons. The van der Waals surface area contributed by atoms with E-state index in [1.807, 2.05) is 30.0 Å². The molecule has 1 aliphatic heterocycles. The molecular formula is C21H29F3N2O6. The topological polar surface area (TPSA) is 98.2 Å². The van der Waals surface area contributed by atoms with Crippen molar-refractivity contribution in [3.63, 3.8) is 0 Å². The van der Waals surface area contributed by atoms with Crippen molar-refractivity contribution in [2.24, 2.45) is 5.92 Å². The van der Waals surface area contributed by atoms with Crippen LogP contribution >= 0.6 is 0 Å². The third-order valence-corrected chi connectivity index (χ3v) is 5.43. The Morgan fingerprint density at radius 3 is 2.72 bits per heavy atom. The molecule has 1 N–H and O–H groups in total. The van der Waals surface area contributed by atoms with Gasteiger partial charge in [-0.25, -0.2) is 4.79 Å². The Balaban J connectivity index is 0.000000451. The van der Waals surface area contributed by atoms with E-state index in [2.05, 4.69) is 4.98 Å². The number of rotatable bonds is 7. The summed E-state index contributed by atoms with van der Waals surface area (Å²) in [5.41, 5.74) is 0.678. The zero-order valence-corrected chi connectivity index (χ0v) is 18.0. The summed E-state index contributed by atoms with van der Waals surface area (Å²) in [4.78, 5) is 27.4. The number of carbonyl (C=O) groups excluding carboxylic acids is 1. The maximum atomic E-state index is 12.3. The van der Waals surface area contributed by atoms with Gasteiger partial charge in [-0.3, -0.25) is 9.78 Å². The number of carboxylic acid groups (broad SMARTS) is 1. The van der Waals surface area contributed by atoms with Crippen molar-refractivity contribution in [2.45, 2.75) is 44.6 Å². The minimum Gasteiger partial charge on any atom is -0.475 e. The van der Waals surface area contributed by atoms with E-state index in [0.717, 1.165) is 25.0 Å². The summed E-state index contributed by atoms with van der Waals surface area (Å²) in [6, 6.07) is 5.84. The van der Waals surface area contributed by atoms with Crippen LogP contribution in [0.1, 0.15) is 31.9 Å². The lowest BCUT2D eigenvalue weighted by molar-refractivity contribution is -0.192. The number of amides is 1. The third-order valence-electron chi connectivity index (χ3n) is 5.43. The van der Waals surface area contributed by atoms with Gasteiger partial charge < -0.3 is 24.2 Å². The second-order valence-electron chi connectivity index (χ2n) is 7.59. The smallest absolute Gasteiger partial charge is 0.475 e. The first-order valence-electron chi connectivity index (χ1n) is 10.4. The van der Waals surface area contributed by atoms with Gasteiger partial charge in [0.2, 0.25) is 5.91 Å². The van der Waals surface area contributed by atoms with Crippen molar-refractivity contribution in [3.05, 3.63) is 30.1 Å². The quantitative estimate of drug-likeness (QED) is 0.665. The number of aromatic nitrogens is 1. The van der Waals surface area contributed by atoms with E-state index in [9.17, 15) is 18.0 Å². The SMILES string of the molecule is CCOCC(=O)N1CCO[C@]2(CCC[C@H]2COCc2ccccn2)C1.O=C(O)C(F)(F)F. The highest BCUT2D eigenvalue weighted by atomic mass is 19.4. The van der Waals surface area contributed by atoms with E-state index < -0.39 is 12.1 Å². The molecule has 32 heavy (non-hydrogen) atoms. The van der Waals surface area contributed by atoms with Crippen molar-refractivity contribution < 1.29 is 42.1 Å². The monoisotopic (exact) mass is 462 g/mol. The second kappa shape index (κ2) is 12.1. The number of ether oxygens (including phenoxy) is 3. The number of hydrogen-bond donors (Lipinski definition) is 1. The van der Waals surface area contributed by atoms with E-state index in [-0.39, 0.29) is 18.1 Å². The van der Waals surface area contributed by atoms with Gasteiger partial charge in [0, 0.05) is 25.3 Å². The maximum absolute atomic E-state index is 12.3. The molecule has 2 fully saturated rings. The molecule has 8 nitrogen and oxygen atoms in total. The van der Waals surface area contributed by atoms with E-state index in [4.69, 9.17) is 24.1 Å². The maximum Gasteiger partial charge on any atom is 0.490 e. The number of nitrogens with zero attached hydrogens (tertiary/aromatic N) is 2. The summed E-state index contributed by atoms with van der Waals surface area (Å²) in [5.74, 6) is -2.38. The molecule has 1 amide bonds. The Labute approximate surface area is 184 Å². The third kappa shape index (κ3) is 7.72. The fourth-order valence-corrected chi connectivity index (χ4v) is 3.84. The van der Waals surface area contributed by atoms with Crippen molar-refractivity contribution >= 4 is 11.9 Å². The van der Waals surface area contributed by atoms with E-state index >= 15 is 0 Å². The molecule has 0 unspecified atom stereocenters. The average Bonchev–Trinajstić information content (AvgIpc) is 3.13. The number of alkyl halides is 3. The van der Waals surface area contributed by atoms with Gasteiger partial charge in [0.1, 0.15) is 6.61 Å². The fourth-order valence-electron chi connectivity index (χ4n) is 3.84. The summed E-state index contributed by atoms with van der Waals surface area (Å²) in [7, 11) is 0. The lowest BCUT2D eigenvalue weighted by Crippen LogP contribution is -2.56. The van der Waals surface area contributed by atoms with Crippen LogP contribution in [0.15, 0.2) is 24.4 Å². The molecule has 2 heterocycles. The van der Waals surface area contributed by atoms with Crippen molar-refractivity contribution in [3.8, 4) is 0 Å². The Hall–Kier alpha value is -2.24. The van der Waals surface area contributed by atoms with Gasteiger partial charge in [0.15, 0.2) is 0 Å². The Kier molecular flexibility index (Phi) is 9.85. The average molecular weight is 462 g/mol. The zero-order chi connectivity index (χ0) is 23.6. The van der Waals surface area contributed by atoms with Crippen molar-refractivity contribution in [2.75, 3.05) is 39.5 Å². The number of aliphatic carboxylic acids is 1. The van der Waals surface area contributed by atoms with Gasteiger partial charge in [-0.15, -0.1) is 0 Å². The first-order chi connectivity index (χ1) is 15.2. The molecule has 180 valence electrons. The highest BCUT2D eigenvalue weighted by Crippen LogP contribution is 2.41. The largest absolute Gasteiger partial charge is 0.490 e. The normalized spacial score (nSPS) is 23.0. The van der Waals surface area contributed by atoms with Gasteiger partial charge in [0.05, 0.1) is 37.7 Å². The van der Waals surface area contributed by atoms with Crippen LogP contribution < -0.4 is 0 Å². The lowest BCUT2D eigenvalue weighted by atomic mass is 9.89. The van der Waals surface area contributed by atoms with Gasteiger partial charge >= 0.3 is 12.1 Å². The lowest BCUT2D eigenvalue weighted by Gasteiger charge is -2.44. The van der Waals surface area contributed by atoms with Crippen LogP contribution in [0, 0.1) is 5.92 Å². The molecule has 1 aromatic heterocycles. The Bertz CT molecular complexity index is 734. The summed E-state index contributed by atoms with van der Waals surface area (Å²) in [6.07, 6.45) is -0.119. The van der Waals surface area contributed by atoms with Crippen LogP contribution in [-0.2, 0) is 30.4 Å². The predicted octanol–water partition coefficient (Wildman–Crippen LogP) is 2.67. The molecule has 1 saturated heterocycles. The summed E-state index contributed by atoms with van der Waals surface area (Å²) in [5, 5.41) is 7.12. The molecule has 0 aromatic carbocycles. The molecule has 1 saturated carbocycles. The molecule has 3 rings (SSSR count).